The Bertz CT molecular complexity index is 630. The fraction of sp³-hybridized carbons (Fsp3) is 0.235. The summed E-state index contributed by atoms with van der Waals surface area (Å²) >= 11 is 3.28. The summed E-state index contributed by atoms with van der Waals surface area (Å²) in [6.45, 7) is 1.83. The molecule has 0 aromatic heterocycles. The summed E-state index contributed by atoms with van der Waals surface area (Å²) in [6.07, 6.45) is 0.239. The molecular formula is C17H17BrFNO. The molecule has 0 aliphatic heterocycles. The molecule has 21 heavy (non-hydrogen) atoms. The van der Waals surface area contributed by atoms with Crippen molar-refractivity contribution in [1.82, 2.24) is 0 Å². The monoisotopic (exact) mass is 349 g/mol. The van der Waals surface area contributed by atoms with Gasteiger partial charge in [0.25, 0.3) is 0 Å². The summed E-state index contributed by atoms with van der Waals surface area (Å²) in [7, 11) is 0. The van der Waals surface area contributed by atoms with Gasteiger partial charge in [-0.15, -0.1) is 0 Å². The maximum atomic E-state index is 13.1. The highest BCUT2D eigenvalue weighted by atomic mass is 79.9. The number of hydrogen-bond donors (Lipinski definition) is 1. The molecule has 110 valence electrons. The third-order valence-corrected chi connectivity index (χ3v) is 4.35. The van der Waals surface area contributed by atoms with Crippen molar-refractivity contribution in [3.63, 3.8) is 0 Å². The zero-order valence-corrected chi connectivity index (χ0v) is 13.3. The minimum atomic E-state index is -0.335. The Morgan fingerprint density at radius 2 is 1.90 bits per heavy atom. The molecule has 0 spiro atoms. The normalized spacial score (nSPS) is 13.7. The van der Waals surface area contributed by atoms with Crippen molar-refractivity contribution in [2.75, 3.05) is 0 Å². The number of rotatable bonds is 5. The molecule has 0 radical (unpaired) electrons. The Morgan fingerprint density at radius 1 is 1.24 bits per heavy atom. The van der Waals surface area contributed by atoms with Crippen LogP contribution in [-0.2, 0) is 11.2 Å². The lowest BCUT2D eigenvalue weighted by molar-refractivity contribution is -0.122. The van der Waals surface area contributed by atoms with Crippen LogP contribution in [0.25, 0.3) is 0 Å². The van der Waals surface area contributed by atoms with Crippen molar-refractivity contribution in [2.45, 2.75) is 19.4 Å². The second-order valence-corrected chi connectivity index (χ2v) is 5.96. The van der Waals surface area contributed by atoms with Crippen molar-refractivity contribution in [2.24, 2.45) is 11.7 Å². The maximum Gasteiger partial charge on any atom is 0.141 e. The smallest absolute Gasteiger partial charge is 0.141 e. The quantitative estimate of drug-likeness (QED) is 0.885. The van der Waals surface area contributed by atoms with Gasteiger partial charge >= 0.3 is 0 Å². The van der Waals surface area contributed by atoms with Gasteiger partial charge < -0.3 is 5.73 Å². The van der Waals surface area contributed by atoms with Crippen LogP contribution in [0.4, 0.5) is 4.39 Å². The summed E-state index contributed by atoms with van der Waals surface area (Å²) in [5.74, 6) is -0.588. The predicted octanol–water partition coefficient (Wildman–Crippen LogP) is 4.04. The first-order valence-corrected chi connectivity index (χ1v) is 7.55. The first-order valence-electron chi connectivity index (χ1n) is 6.76. The fourth-order valence-electron chi connectivity index (χ4n) is 2.18. The average molecular weight is 350 g/mol. The van der Waals surface area contributed by atoms with Crippen molar-refractivity contribution in [3.05, 3.63) is 69.9 Å². The van der Waals surface area contributed by atoms with Crippen LogP contribution in [-0.4, -0.2) is 5.78 Å². The van der Waals surface area contributed by atoms with Crippen LogP contribution in [0.3, 0.4) is 0 Å². The van der Waals surface area contributed by atoms with Gasteiger partial charge in [0.1, 0.15) is 11.6 Å². The highest BCUT2D eigenvalue weighted by Crippen LogP contribution is 2.24. The lowest BCUT2D eigenvalue weighted by Gasteiger charge is -2.19. The van der Waals surface area contributed by atoms with Crippen LogP contribution in [0, 0.1) is 11.7 Å². The van der Waals surface area contributed by atoms with Gasteiger partial charge in [0, 0.05) is 22.9 Å². The third-order valence-electron chi connectivity index (χ3n) is 3.61. The van der Waals surface area contributed by atoms with E-state index >= 15 is 0 Å². The molecular weight excluding hydrogens is 333 g/mol. The Kier molecular flexibility index (Phi) is 5.26. The molecule has 0 saturated heterocycles. The zero-order chi connectivity index (χ0) is 15.4. The predicted molar refractivity (Wildman–Crippen MR) is 85.3 cm³/mol. The van der Waals surface area contributed by atoms with E-state index in [2.05, 4.69) is 15.9 Å². The summed E-state index contributed by atoms with van der Waals surface area (Å²) < 4.78 is 13.7. The second kappa shape index (κ2) is 6.96. The van der Waals surface area contributed by atoms with Gasteiger partial charge in [0.15, 0.2) is 0 Å². The summed E-state index contributed by atoms with van der Waals surface area (Å²) in [6, 6.07) is 13.6. The number of carbonyl (C=O) groups is 1. The maximum absolute atomic E-state index is 13.1. The zero-order valence-electron chi connectivity index (χ0n) is 11.7. The van der Waals surface area contributed by atoms with Gasteiger partial charge in [-0.05, 0) is 23.3 Å². The van der Waals surface area contributed by atoms with Crippen molar-refractivity contribution in [3.8, 4) is 0 Å². The van der Waals surface area contributed by atoms with Crippen LogP contribution in [0.15, 0.2) is 53.0 Å². The summed E-state index contributed by atoms with van der Waals surface area (Å²) in [4.78, 5) is 12.4. The Balaban J connectivity index is 2.09. The topological polar surface area (TPSA) is 43.1 Å². The second-order valence-electron chi connectivity index (χ2n) is 5.10. The van der Waals surface area contributed by atoms with Gasteiger partial charge in [-0.3, -0.25) is 4.79 Å². The molecule has 0 heterocycles. The van der Waals surface area contributed by atoms with Crippen molar-refractivity contribution < 1.29 is 9.18 Å². The molecule has 0 aliphatic rings. The van der Waals surface area contributed by atoms with Gasteiger partial charge in [-0.1, -0.05) is 59.3 Å². The SMILES string of the molecule is CC(C(=O)Cc1ccc(F)cc1Br)C(N)c1ccccc1. The van der Waals surface area contributed by atoms with E-state index in [1.807, 2.05) is 37.3 Å². The molecule has 0 saturated carbocycles. The van der Waals surface area contributed by atoms with E-state index in [-0.39, 0.29) is 30.0 Å². The standard InChI is InChI=1S/C17H17BrFNO/c1-11(17(20)12-5-3-2-4-6-12)16(21)9-13-7-8-14(19)10-15(13)18/h2-8,10-11,17H,9,20H2,1H3. The molecule has 2 unspecified atom stereocenters. The van der Waals surface area contributed by atoms with E-state index < -0.39 is 0 Å². The molecule has 2 rings (SSSR count). The first-order chi connectivity index (χ1) is 9.99. The number of Topliss-reactive ketones (excluding diaryl/α,β-unsaturated/α-hetero) is 1. The summed E-state index contributed by atoms with van der Waals surface area (Å²) in [5, 5.41) is 0. The molecule has 0 amide bonds. The number of halogens is 2. The van der Waals surface area contributed by atoms with Crippen LogP contribution < -0.4 is 5.73 Å². The molecule has 2 aromatic carbocycles. The number of hydrogen-bond acceptors (Lipinski definition) is 2. The molecule has 0 fully saturated rings. The van der Waals surface area contributed by atoms with E-state index in [1.165, 1.54) is 12.1 Å². The van der Waals surface area contributed by atoms with E-state index in [0.29, 0.717) is 4.47 Å². The number of benzene rings is 2. The minimum absolute atomic E-state index is 0.0404. The lowest BCUT2D eigenvalue weighted by Crippen LogP contribution is -2.27. The first kappa shape index (κ1) is 15.9. The Hall–Kier alpha value is -1.52. The van der Waals surface area contributed by atoms with Crippen molar-refractivity contribution in [1.29, 1.82) is 0 Å². The summed E-state index contributed by atoms with van der Waals surface area (Å²) in [5.41, 5.74) is 7.88. The van der Waals surface area contributed by atoms with Crippen LogP contribution in [0.2, 0.25) is 0 Å². The molecule has 2 nitrogen and oxygen atoms in total. The number of ketones is 1. The van der Waals surface area contributed by atoms with Gasteiger partial charge in [-0.2, -0.15) is 0 Å². The molecule has 2 atom stereocenters. The van der Waals surface area contributed by atoms with E-state index in [0.717, 1.165) is 11.1 Å². The largest absolute Gasteiger partial charge is 0.323 e. The van der Waals surface area contributed by atoms with Crippen LogP contribution in [0.5, 0.6) is 0 Å². The van der Waals surface area contributed by atoms with E-state index in [4.69, 9.17) is 5.73 Å². The Morgan fingerprint density at radius 3 is 2.52 bits per heavy atom. The fourth-order valence-corrected chi connectivity index (χ4v) is 2.67. The molecule has 2 N–H and O–H groups in total. The van der Waals surface area contributed by atoms with Crippen LogP contribution in [0.1, 0.15) is 24.1 Å². The highest BCUT2D eigenvalue weighted by Gasteiger charge is 2.22. The molecule has 0 bridgehead atoms. The van der Waals surface area contributed by atoms with E-state index in [9.17, 15) is 9.18 Å². The molecule has 2 aromatic rings. The highest BCUT2D eigenvalue weighted by molar-refractivity contribution is 9.10. The van der Waals surface area contributed by atoms with Gasteiger partial charge in [0.2, 0.25) is 0 Å². The van der Waals surface area contributed by atoms with Crippen LogP contribution >= 0.6 is 15.9 Å². The van der Waals surface area contributed by atoms with Gasteiger partial charge in [0.05, 0.1) is 0 Å². The minimum Gasteiger partial charge on any atom is -0.323 e. The Labute approximate surface area is 132 Å². The molecule has 0 aliphatic carbocycles. The lowest BCUT2D eigenvalue weighted by atomic mass is 9.89. The number of carbonyl (C=O) groups excluding carboxylic acids is 1. The molecule has 4 heteroatoms. The van der Waals surface area contributed by atoms with Crippen molar-refractivity contribution >= 4 is 21.7 Å². The average Bonchev–Trinajstić information content (AvgIpc) is 2.49. The number of nitrogens with two attached hydrogens (primary N) is 1. The van der Waals surface area contributed by atoms with Gasteiger partial charge in [-0.25, -0.2) is 4.39 Å². The third kappa shape index (κ3) is 3.99. The van der Waals surface area contributed by atoms with E-state index in [1.54, 1.807) is 6.07 Å².